The van der Waals surface area contributed by atoms with Crippen LogP contribution in [0.1, 0.15) is 6.92 Å². The second-order valence-electron chi connectivity index (χ2n) is 5.64. The van der Waals surface area contributed by atoms with E-state index in [1.165, 1.54) is 6.92 Å². The standard InChI is InChI=1S/C11H16N5O8P/c1-11(7(24-25(20,21)22)6(18)4(2-17)23-11)16-3-13-5-8(16)14-10(12)15-9(5)19/h3-4,6-7,17-18H,2H2,1H3,(H2,20,21,22)(H3,12,14,15,19)/t4-,6-,7-,11-/m1/s1. The van der Waals surface area contributed by atoms with Gasteiger partial charge in [0.15, 0.2) is 16.9 Å². The van der Waals surface area contributed by atoms with E-state index in [1.807, 2.05) is 0 Å². The lowest BCUT2D eigenvalue weighted by molar-refractivity contribution is -0.130. The van der Waals surface area contributed by atoms with Crippen molar-refractivity contribution in [3.8, 4) is 0 Å². The molecule has 0 bridgehead atoms. The van der Waals surface area contributed by atoms with E-state index in [9.17, 15) is 19.6 Å². The van der Waals surface area contributed by atoms with Crippen molar-refractivity contribution >= 4 is 24.9 Å². The van der Waals surface area contributed by atoms with Gasteiger partial charge in [-0.05, 0) is 6.92 Å². The van der Waals surface area contributed by atoms with Gasteiger partial charge in [-0.25, -0.2) is 9.55 Å². The van der Waals surface area contributed by atoms with E-state index >= 15 is 0 Å². The summed E-state index contributed by atoms with van der Waals surface area (Å²) in [6, 6.07) is 0. The molecule has 2 aromatic rings. The second kappa shape index (κ2) is 5.85. The van der Waals surface area contributed by atoms with E-state index in [2.05, 4.69) is 19.5 Å². The summed E-state index contributed by atoms with van der Waals surface area (Å²) in [5.74, 6) is -0.215. The van der Waals surface area contributed by atoms with E-state index < -0.39 is 44.0 Å². The number of nitrogens with two attached hydrogens (primary N) is 1. The number of aliphatic hydroxyl groups is 2. The first-order valence-corrected chi connectivity index (χ1v) is 8.54. The maximum Gasteiger partial charge on any atom is 0.470 e. The van der Waals surface area contributed by atoms with Crippen LogP contribution in [0.3, 0.4) is 0 Å². The molecular weight excluding hydrogens is 361 g/mol. The third-order valence-corrected chi connectivity index (χ3v) is 4.45. The largest absolute Gasteiger partial charge is 0.470 e. The third kappa shape index (κ3) is 2.95. The average molecular weight is 377 g/mol. The lowest BCUT2D eigenvalue weighted by atomic mass is 10.0. The van der Waals surface area contributed by atoms with Crippen molar-refractivity contribution in [1.82, 2.24) is 19.5 Å². The number of rotatable bonds is 4. The van der Waals surface area contributed by atoms with Gasteiger partial charge in [-0.1, -0.05) is 0 Å². The molecule has 0 radical (unpaired) electrons. The Hall–Kier alpha value is -1.86. The number of nitrogens with one attached hydrogen (secondary N) is 1. The van der Waals surface area contributed by atoms with Crippen LogP contribution in [0.4, 0.5) is 5.95 Å². The molecule has 13 nitrogen and oxygen atoms in total. The molecule has 7 N–H and O–H groups in total. The van der Waals surface area contributed by atoms with Crippen molar-refractivity contribution in [1.29, 1.82) is 0 Å². The Balaban J connectivity index is 2.18. The van der Waals surface area contributed by atoms with E-state index in [0.29, 0.717) is 0 Å². The van der Waals surface area contributed by atoms with Crippen molar-refractivity contribution < 1.29 is 33.8 Å². The normalized spacial score (nSPS) is 30.2. The van der Waals surface area contributed by atoms with Crippen molar-refractivity contribution in [2.24, 2.45) is 0 Å². The minimum Gasteiger partial charge on any atom is -0.394 e. The number of hydrogen-bond acceptors (Lipinski definition) is 9. The first kappa shape index (κ1) is 17.9. The molecule has 0 spiro atoms. The number of phosphoric ester groups is 1. The molecule has 25 heavy (non-hydrogen) atoms. The summed E-state index contributed by atoms with van der Waals surface area (Å²) in [6.45, 7) is 0.701. The van der Waals surface area contributed by atoms with Crippen LogP contribution in [0.5, 0.6) is 0 Å². The molecule has 138 valence electrons. The molecule has 0 amide bonds. The zero-order valence-corrected chi connectivity index (χ0v) is 13.7. The van der Waals surface area contributed by atoms with Crippen LogP contribution in [-0.4, -0.2) is 64.4 Å². The summed E-state index contributed by atoms with van der Waals surface area (Å²) < 4.78 is 22.7. The fourth-order valence-corrected chi connectivity index (χ4v) is 3.47. The minimum absolute atomic E-state index is 0.0474. The van der Waals surface area contributed by atoms with Gasteiger partial charge >= 0.3 is 7.82 Å². The van der Waals surface area contributed by atoms with Crippen molar-refractivity contribution in [2.45, 2.75) is 31.0 Å². The highest BCUT2D eigenvalue weighted by atomic mass is 31.2. The molecule has 3 rings (SSSR count). The maximum absolute atomic E-state index is 11.9. The van der Waals surface area contributed by atoms with Crippen molar-refractivity contribution in [3.05, 3.63) is 16.7 Å². The topological polar surface area (TPSA) is 206 Å². The average Bonchev–Trinajstić information content (AvgIpc) is 3.01. The zero-order valence-electron chi connectivity index (χ0n) is 12.8. The predicted molar refractivity (Wildman–Crippen MR) is 81.1 cm³/mol. The first-order valence-electron chi connectivity index (χ1n) is 7.01. The summed E-state index contributed by atoms with van der Waals surface area (Å²) in [7, 11) is -5.02. The number of aromatic amines is 1. The smallest absolute Gasteiger partial charge is 0.394 e. The van der Waals surface area contributed by atoms with Gasteiger partial charge in [0.2, 0.25) is 5.95 Å². The summed E-state index contributed by atoms with van der Waals surface area (Å²) in [5.41, 5.74) is 3.00. The number of anilines is 1. The van der Waals surface area contributed by atoms with E-state index in [4.69, 9.17) is 20.3 Å². The second-order valence-corrected chi connectivity index (χ2v) is 6.83. The van der Waals surface area contributed by atoms with Crippen LogP contribution in [0, 0.1) is 0 Å². The van der Waals surface area contributed by atoms with E-state index in [0.717, 1.165) is 10.9 Å². The molecule has 14 heteroatoms. The van der Waals surface area contributed by atoms with Gasteiger partial charge in [-0.15, -0.1) is 0 Å². The number of aromatic nitrogens is 4. The molecule has 0 unspecified atom stereocenters. The van der Waals surface area contributed by atoms with Gasteiger partial charge < -0.3 is 30.5 Å². The zero-order chi connectivity index (χ0) is 18.6. The van der Waals surface area contributed by atoms with Crippen LogP contribution in [0.2, 0.25) is 0 Å². The highest BCUT2D eigenvalue weighted by molar-refractivity contribution is 7.46. The van der Waals surface area contributed by atoms with Crippen LogP contribution in [-0.2, 0) is 19.6 Å². The number of H-pyrrole nitrogens is 1. The van der Waals surface area contributed by atoms with Gasteiger partial charge in [0.1, 0.15) is 18.3 Å². The summed E-state index contributed by atoms with van der Waals surface area (Å²) in [5, 5.41) is 19.6. The molecular formula is C11H16N5O8P. The van der Waals surface area contributed by atoms with Crippen molar-refractivity contribution in [3.63, 3.8) is 0 Å². The molecule has 3 heterocycles. The van der Waals surface area contributed by atoms with Gasteiger partial charge in [0.25, 0.3) is 5.56 Å². The highest BCUT2D eigenvalue weighted by Crippen LogP contribution is 2.47. The molecule has 0 saturated carbocycles. The third-order valence-electron chi connectivity index (χ3n) is 3.94. The van der Waals surface area contributed by atoms with Crippen LogP contribution >= 0.6 is 7.82 Å². The molecule has 0 aliphatic carbocycles. The summed E-state index contributed by atoms with van der Waals surface area (Å²) in [4.78, 5) is 40.2. The number of ether oxygens (including phenoxy) is 1. The predicted octanol–water partition coefficient (Wildman–Crippen LogP) is -2.40. The number of nitrogen functional groups attached to an aromatic ring is 1. The summed E-state index contributed by atoms with van der Waals surface area (Å²) in [6.07, 6.45) is -3.22. The molecule has 1 aliphatic rings. The van der Waals surface area contributed by atoms with Gasteiger partial charge in [0, 0.05) is 0 Å². The molecule has 1 saturated heterocycles. The van der Waals surface area contributed by atoms with Crippen LogP contribution in [0.15, 0.2) is 11.1 Å². The SMILES string of the molecule is C[C@@]1(n2cnc3c(=O)[nH]c(N)nc32)O[C@H](CO)[C@@H](O)[C@H]1OP(=O)(O)O. The Morgan fingerprint density at radius 3 is 2.84 bits per heavy atom. The lowest BCUT2D eigenvalue weighted by Gasteiger charge is -2.32. The Kier molecular flexibility index (Phi) is 4.20. The summed E-state index contributed by atoms with van der Waals surface area (Å²) >= 11 is 0. The molecule has 1 aliphatic heterocycles. The fourth-order valence-electron chi connectivity index (χ4n) is 2.85. The number of fused-ring (bicyclic) bond motifs is 1. The minimum atomic E-state index is -5.02. The first-order chi connectivity index (χ1) is 11.6. The van der Waals surface area contributed by atoms with Gasteiger partial charge in [0.05, 0.1) is 12.9 Å². The Morgan fingerprint density at radius 1 is 1.56 bits per heavy atom. The number of nitrogens with zero attached hydrogens (tertiary/aromatic N) is 3. The Bertz CT molecular complexity index is 907. The molecule has 0 aromatic carbocycles. The van der Waals surface area contributed by atoms with Gasteiger partial charge in [-0.3, -0.25) is 18.9 Å². The quantitative estimate of drug-likeness (QED) is 0.310. The fraction of sp³-hybridized carbons (Fsp3) is 0.545. The molecule has 4 atom stereocenters. The monoisotopic (exact) mass is 377 g/mol. The number of aliphatic hydroxyl groups excluding tert-OH is 2. The van der Waals surface area contributed by atoms with E-state index in [-0.39, 0.29) is 17.1 Å². The van der Waals surface area contributed by atoms with E-state index in [1.54, 1.807) is 0 Å². The van der Waals surface area contributed by atoms with Crippen molar-refractivity contribution in [2.75, 3.05) is 12.3 Å². The molecule has 2 aromatic heterocycles. The Labute approximate surface area is 139 Å². The Morgan fingerprint density at radius 2 is 2.24 bits per heavy atom. The maximum atomic E-state index is 11.9. The van der Waals surface area contributed by atoms with Crippen LogP contribution < -0.4 is 11.3 Å². The lowest BCUT2D eigenvalue weighted by Crippen LogP contribution is -2.44. The van der Waals surface area contributed by atoms with Gasteiger partial charge in [-0.2, -0.15) is 4.98 Å². The van der Waals surface area contributed by atoms with Crippen LogP contribution in [0.25, 0.3) is 11.2 Å². The number of phosphoric acid groups is 1. The highest BCUT2D eigenvalue weighted by Gasteiger charge is 2.56. The number of hydrogen-bond donors (Lipinski definition) is 6. The molecule has 1 fully saturated rings. The number of imidazole rings is 1.